The Morgan fingerprint density at radius 2 is 1.82 bits per heavy atom. The normalized spacial score (nSPS) is 18.8. The molecule has 0 aliphatic carbocycles. The van der Waals surface area contributed by atoms with E-state index in [4.69, 9.17) is 18.5 Å². The number of benzene rings is 2. The van der Waals surface area contributed by atoms with Gasteiger partial charge in [-0.05, 0) is 44.5 Å². The van der Waals surface area contributed by atoms with Gasteiger partial charge in [0.2, 0.25) is 0 Å². The van der Waals surface area contributed by atoms with Crippen LogP contribution >= 0.6 is 7.75 Å². The standard InChI is InChI=1S/C27H30N3O8P/c1-18-9-11-22(12-10-18)38-39(34,29-20(3)26(32)35-16-21-7-5-4-6-8-21)36-17-23-13-14-24(37-23)30-15-19(2)25(31)28-27(30)33/h4-15,20,23-24H,16-17H2,1-3H3,(H,29,34)(H,28,31,33)/t20-,23-,24+,39+/m0/s1. The van der Waals surface area contributed by atoms with Gasteiger partial charge < -0.3 is 14.0 Å². The maximum Gasteiger partial charge on any atom is 0.459 e. The summed E-state index contributed by atoms with van der Waals surface area (Å²) in [6.45, 7) is 4.81. The largest absolute Gasteiger partial charge is 0.460 e. The molecule has 2 heterocycles. The van der Waals surface area contributed by atoms with Crippen molar-refractivity contribution in [1.29, 1.82) is 0 Å². The summed E-state index contributed by atoms with van der Waals surface area (Å²) in [5.74, 6) is -0.364. The van der Waals surface area contributed by atoms with Gasteiger partial charge in [-0.15, -0.1) is 0 Å². The molecule has 0 fully saturated rings. The molecule has 0 bridgehead atoms. The number of hydrogen-bond acceptors (Lipinski definition) is 8. The molecule has 0 unspecified atom stereocenters. The number of H-pyrrole nitrogens is 1. The molecule has 4 rings (SSSR count). The van der Waals surface area contributed by atoms with E-state index in [0.29, 0.717) is 5.56 Å². The molecule has 0 radical (unpaired) electrons. The number of rotatable bonds is 11. The quantitative estimate of drug-likeness (QED) is 0.207. The zero-order valence-electron chi connectivity index (χ0n) is 21.7. The van der Waals surface area contributed by atoms with Gasteiger partial charge >= 0.3 is 19.4 Å². The van der Waals surface area contributed by atoms with Crippen LogP contribution in [0.25, 0.3) is 0 Å². The Morgan fingerprint density at radius 1 is 1.10 bits per heavy atom. The first-order valence-corrected chi connectivity index (χ1v) is 13.8. The van der Waals surface area contributed by atoms with Gasteiger partial charge in [0.05, 0.1) is 6.61 Å². The highest BCUT2D eigenvalue weighted by atomic mass is 31.2. The number of nitrogens with zero attached hydrogens (tertiary/aromatic N) is 1. The van der Waals surface area contributed by atoms with Gasteiger partial charge in [-0.1, -0.05) is 54.1 Å². The van der Waals surface area contributed by atoms with Crippen molar-refractivity contribution in [2.75, 3.05) is 6.61 Å². The van der Waals surface area contributed by atoms with Crippen LogP contribution in [-0.4, -0.2) is 34.3 Å². The van der Waals surface area contributed by atoms with E-state index >= 15 is 0 Å². The Balaban J connectivity index is 1.42. The fourth-order valence-electron chi connectivity index (χ4n) is 3.66. The van der Waals surface area contributed by atoms with Crippen molar-refractivity contribution in [2.45, 2.75) is 45.8 Å². The van der Waals surface area contributed by atoms with Gasteiger partial charge in [0.1, 0.15) is 24.5 Å². The third kappa shape index (κ3) is 7.64. The SMILES string of the molecule is Cc1ccc(O[P@@](=O)(N[C@@H](C)C(=O)OCc2ccccc2)OC[C@@H]2C=C[C@H](n3cc(C)c(=O)[nH]c3=O)O2)cc1. The summed E-state index contributed by atoms with van der Waals surface area (Å²) in [7, 11) is -4.11. The minimum Gasteiger partial charge on any atom is -0.460 e. The molecule has 2 N–H and O–H groups in total. The van der Waals surface area contributed by atoms with Crippen LogP contribution in [0, 0.1) is 13.8 Å². The highest BCUT2D eigenvalue weighted by molar-refractivity contribution is 7.52. The summed E-state index contributed by atoms with van der Waals surface area (Å²) < 4.78 is 37.6. The zero-order valence-corrected chi connectivity index (χ0v) is 22.6. The van der Waals surface area contributed by atoms with Crippen LogP contribution in [0.2, 0.25) is 0 Å². The topological polar surface area (TPSA) is 138 Å². The van der Waals surface area contributed by atoms with Gasteiger partial charge in [0, 0.05) is 11.8 Å². The number of ether oxygens (including phenoxy) is 2. The average molecular weight is 556 g/mol. The van der Waals surface area contributed by atoms with Crippen molar-refractivity contribution in [3.63, 3.8) is 0 Å². The number of esters is 1. The maximum absolute atomic E-state index is 13.8. The molecule has 206 valence electrons. The number of hydrogen-bond donors (Lipinski definition) is 2. The average Bonchev–Trinajstić information content (AvgIpc) is 3.39. The summed E-state index contributed by atoms with van der Waals surface area (Å²) in [4.78, 5) is 38.7. The van der Waals surface area contributed by atoms with Crippen molar-refractivity contribution in [3.05, 3.63) is 110 Å². The van der Waals surface area contributed by atoms with Crippen LogP contribution < -0.4 is 20.9 Å². The second kappa shape index (κ2) is 12.4. The predicted molar refractivity (Wildman–Crippen MR) is 143 cm³/mol. The molecule has 1 aliphatic rings. The summed E-state index contributed by atoms with van der Waals surface area (Å²) in [5.41, 5.74) is 1.03. The minimum absolute atomic E-state index is 0.0569. The third-order valence-electron chi connectivity index (χ3n) is 5.81. The van der Waals surface area contributed by atoms with Gasteiger partial charge in [-0.3, -0.25) is 23.7 Å². The Kier molecular flexibility index (Phi) is 8.98. The first-order valence-electron chi connectivity index (χ1n) is 12.3. The molecule has 0 amide bonds. The second-order valence-electron chi connectivity index (χ2n) is 9.07. The fraction of sp³-hybridized carbons (Fsp3) is 0.296. The molecule has 12 heteroatoms. The number of nitrogens with one attached hydrogen (secondary N) is 2. The molecular weight excluding hydrogens is 525 g/mol. The van der Waals surface area contributed by atoms with E-state index < -0.39 is 43.3 Å². The fourth-order valence-corrected chi connectivity index (χ4v) is 5.16. The highest BCUT2D eigenvalue weighted by Gasteiger charge is 2.34. The molecule has 1 aliphatic heterocycles. The lowest BCUT2D eigenvalue weighted by Gasteiger charge is -2.24. The van der Waals surface area contributed by atoms with Crippen molar-refractivity contribution in [1.82, 2.24) is 14.6 Å². The van der Waals surface area contributed by atoms with Crippen LogP contribution in [0.3, 0.4) is 0 Å². The Bertz CT molecular complexity index is 1480. The van der Waals surface area contributed by atoms with E-state index in [0.717, 1.165) is 11.1 Å². The number of aryl methyl sites for hydroxylation is 2. The van der Waals surface area contributed by atoms with Gasteiger partial charge in [0.25, 0.3) is 5.56 Å². The van der Waals surface area contributed by atoms with E-state index in [1.807, 2.05) is 37.3 Å². The van der Waals surface area contributed by atoms with E-state index in [1.54, 1.807) is 43.3 Å². The summed E-state index contributed by atoms with van der Waals surface area (Å²) in [5, 5.41) is 2.64. The van der Waals surface area contributed by atoms with Crippen molar-refractivity contribution >= 4 is 13.7 Å². The predicted octanol–water partition coefficient (Wildman–Crippen LogP) is 3.53. The summed E-state index contributed by atoms with van der Waals surface area (Å²) >= 11 is 0. The van der Waals surface area contributed by atoms with Crippen LogP contribution in [0.4, 0.5) is 0 Å². The highest BCUT2D eigenvalue weighted by Crippen LogP contribution is 2.45. The summed E-state index contributed by atoms with van der Waals surface area (Å²) in [6.07, 6.45) is 3.18. The Hall–Kier alpha value is -3.76. The summed E-state index contributed by atoms with van der Waals surface area (Å²) in [6, 6.07) is 15.0. The van der Waals surface area contributed by atoms with Gasteiger partial charge in [-0.25, -0.2) is 9.36 Å². The van der Waals surface area contributed by atoms with Crippen molar-refractivity contribution < 1.29 is 27.9 Å². The lowest BCUT2D eigenvalue weighted by atomic mass is 10.2. The number of carbonyl (C=O) groups excluding carboxylic acids is 1. The Labute approximate surface area is 225 Å². The number of aromatic nitrogens is 2. The lowest BCUT2D eigenvalue weighted by Crippen LogP contribution is -2.36. The molecule has 39 heavy (non-hydrogen) atoms. The monoisotopic (exact) mass is 555 g/mol. The smallest absolute Gasteiger partial charge is 0.459 e. The van der Waals surface area contributed by atoms with E-state index in [1.165, 1.54) is 17.7 Å². The van der Waals surface area contributed by atoms with Crippen LogP contribution in [0.1, 0.15) is 29.8 Å². The first-order chi connectivity index (χ1) is 18.6. The van der Waals surface area contributed by atoms with E-state index in [2.05, 4.69) is 10.1 Å². The number of carbonyl (C=O) groups is 1. The maximum atomic E-state index is 13.8. The van der Waals surface area contributed by atoms with Crippen LogP contribution in [-0.2, 0) is 30.0 Å². The molecule has 11 nitrogen and oxygen atoms in total. The zero-order chi connectivity index (χ0) is 28.0. The van der Waals surface area contributed by atoms with Crippen molar-refractivity contribution in [3.8, 4) is 5.75 Å². The molecule has 3 aromatic rings. The first kappa shape index (κ1) is 28.3. The third-order valence-corrected chi connectivity index (χ3v) is 7.45. The molecule has 0 saturated heterocycles. The molecule has 0 saturated carbocycles. The van der Waals surface area contributed by atoms with Gasteiger partial charge in [0.15, 0.2) is 6.23 Å². The lowest BCUT2D eigenvalue weighted by molar-refractivity contribution is -0.146. The Morgan fingerprint density at radius 3 is 2.54 bits per heavy atom. The van der Waals surface area contributed by atoms with Gasteiger partial charge in [-0.2, -0.15) is 5.09 Å². The molecule has 4 atom stereocenters. The van der Waals surface area contributed by atoms with Crippen LogP contribution in [0.15, 0.2) is 82.5 Å². The molecule has 2 aromatic carbocycles. The second-order valence-corrected chi connectivity index (χ2v) is 10.8. The van der Waals surface area contributed by atoms with Crippen molar-refractivity contribution in [2.24, 2.45) is 0 Å². The number of aromatic amines is 1. The molecule has 0 spiro atoms. The molecule has 1 aromatic heterocycles. The van der Waals surface area contributed by atoms with Crippen LogP contribution in [0.5, 0.6) is 5.75 Å². The van der Waals surface area contributed by atoms with E-state index in [9.17, 15) is 18.9 Å². The van der Waals surface area contributed by atoms with E-state index in [-0.39, 0.29) is 19.0 Å². The molecular formula is C27H30N3O8P. The minimum atomic E-state index is -4.11.